The van der Waals surface area contributed by atoms with Crippen LogP contribution in [-0.4, -0.2) is 22.1 Å². The van der Waals surface area contributed by atoms with E-state index in [0.29, 0.717) is 5.75 Å². The van der Waals surface area contributed by atoms with Gasteiger partial charge in [0, 0.05) is 28.7 Å². The van der Waals surface area contributed by atoms with Gasteiger partial charge in [-0.05, 0) is 18.4 Å². The zero-order valence-electron chi connectivity index (χ0n) is 11.0. The monoisotopic (exact) mass is 277 g/mol. The van der Waals surface area contributed by atoms with Crippen LogP contribution in [0.15, 0.2) is 42.5 Å². The summed E-state index contributed by atoms with van der Waals surface area (Å²) in [5.74, 6) is 0.552. The molecule has 0 unspecified atom stereocenters. The number of allylic oxidation sites excluding steroid dienone is 2. The maximum Gasteiger partial charge on any atom is 0.224 e. The van der Waals surface area contributed by atoms with Gasteiger partial charge in [0.25, 0.3) is 0 Å². The van der Waals surface area contributed by atoms with Gasteiger partial charge < -0.3 is 5.32 Å². The lowest BCUT2D eigenvalue weighted by molar-refractivity contribution is -0.125. The Balaban J connectivity index is 2.05. The smallest absolute Gasteiger partial charge is 0.224 e. The summed E-state index contributed by atoms with van der Waals surface area (Å²) in [4.78, 5) is 12.2. The van der Waals surface area contributed by atoms with Gasteiger partial charge in [-0.25, -0.2) is 0 Å². The van der Waals surface area contributed by atoms with Crippen molar-refractivity contribution in [1.82, 2.24) is 5.32 Å². The highest BCUT2D eigenvalue weighted by Crippen LogP contribution is 2.20. The van der Waals surface area contributed by atoms with Gasteiger partial charge in [0.2, 0.25) is 5.91 Å². The van der Waals surface area contributed by atoms with Gasteiger partial charge in [0.1, 0.15) is 0 Å². The lowest BCUT2D eigenvalue weighted by Gasteiger charge is -2.20. The summed E-state index contributed by atoms with van der Waals surface area (Å²) in [5.41, 5.74) is 1.01. The molecule has 1 aromatic carbocycles. The normalized spacial score (nSPS) is 18.2. The standard InChI is InChI=1S/C15H19NO2S/c1-19(18)11-14(12-7-3-2-4-8-12)16-15(17)13-9-5-6-10-13/h2-8,13-14H,9-11H2,1H3,(H,16,17)/t14-,19-/m1/s1. The van der Waals surface area contributed by atoms with Gasteiger partial charge in [-0.15, -0.1) is 0 Å². The summed E-state index contributed by atoms with van der Waals surface area (Å²) in [6, 6.07) is 9.57. The second kappa shape index (κ2) is 6.66. The molecular formula is C15H19NO2S. The van der Waals surface area contributed by atoms with Gasteiger partial charge >= 0.3 is 0 Å². The fourth-order valence-corrected chi connectivity index (χ4v) is 3.01. The molecule has 0 saturated heterocycles. The Morgan fingerprint density at radius 2 is 1.95 bits per heavy atom. The number of nitrogens with one attached hydrogen (secondary N) is 1. The number of hydrogen-bond donors (Lipinski definition) is 1. The number of benzene rings is 1. The highest BCUT2D eigenvalue weighted by atomic mass is 32.2. The van der Waals surface area contributed by atoms with E-state index in [1.54, 1.807) is 6.26 Å². The van der Waals surface area contributed by atoms with Crippen molar-refractivity contribution in [2.75, 3.05) is 12.0 Å². The average molecular weight is 277 g/mol. The molecule has 1 aliphatic carbocycles. The minimum absolute atomic E-state index is 0.0384. The van der Waals surface area contributed by atoms with Crippen LogP contribution in [0.1, 0.15) is 24.4 Å². The van der Waals surface area contributed by atoms with Crippen LogP contribution in [0.2, 0.25) is 0 Å². The minimum Gasteiger partial charge on any atom is -0.348 e. The van der Waals surface area contributed by atoms with Gasteiger partial charge in [0.05, 0.1) is 6.04 Å². The second-order valence-electron chi connectivity index (χ2n) is 4.85. The molecule has 0 heterocycles. The molecule has 102 valence electrons. The first-order valence-electron chi connectivity index (χ1n) is 6.47. The lowest BCUT2D eigenvalue weighted by Crippen LogP contribution is -2.35. The largest absolute Gasteiger partial charge is 0.348 e. The average Bonchev–Trinajstić information content (AvgIpc) is 2.92. The molecule has 0 bridgehead atoms. The van der Waals surface area contributed by atoms with Gasteiger partial charge in [-0.3, -0.25) is 9.00 Å². The highest BCUT2D eigenvalue weighted by Gasteiger charge is 2.23. The second-order valence-corrected chi connectivity index (χ2v) is 6.33. The molecule has 1 amide bonds. The Labute approximate surface area is 116 Å². The molecule has 19 heavy (non-hydrogen) atoms. The molecule has 0 saturated carbocycles. The molecule has 3 nitrogen and oxygen atoms in total. The Morgan fingerprint density at radius 1 is 1.32 bits per heavy atom. The topological polar surface area (TPSA) is 46.2 Å². The summed E-state index contributed by atoms with van der Waals surface area (Å²) in [5, 5.41) is 3.03. The number of rotatable bonds is 5. The van der Waals surface area contributed by atoms with Crippen LogP contribution in [0.25, 0.3) is 0 Å². The van der Waals surface area contributed by atoms with Crippen LogP contribution >= 0.6 is 0 Å². The number of carbonyl (C=O) groups excluding carboxylic acids is 1. The van der Waals surface area contributed by atoms with Crippen LogP contribution in [0.3, 0.4) is 0 Å². The Kier molecular flexibility index (Phi) is 4.91. The molecule has 2 rings (SSSR count). The van der Waals surface area contributed by atoms with E-state index in [1.165, 1.54) is 0 Å². The molecule has 0 fully saturated rings. The predicted molar refractivity (Wildman–Crippen MR) is 78.1 cm³/mol. The third-order valence-electron chi connectivity index (χ3n) is 3.30. The molecule has 4 heteroatoms. The summed E-state index contributed by atoms with van der Waals surface area (Å²) in [6.45, 7) is 0. The van der Waals surface area contributed by atoms with E-state index in [1.807, 2.05) is 42.5 Å². The van der Waals surface area contributed by atoms with Crippen LogP contribution < -0.4 is 5.32 Å². The quantitative estimate of drug-likeness (QED) is 0.839. The Morgan fingerprint density at radius 3 is 2.53 bits per heavy atom. The fourth-order valence-electron chi connectivity index (χ4n) is 2.26. The maximum atomic E-state index is 12.2. The first kappa shape index (κ1) is 14.0. The molecule has 0 aliphatic heterocycles. The summed E-state index contributed by atoms with van der Waals surface area (Å²) < 4.78 is 11.5. The first-order valence-corrected chi connectivity index (χ1v) is 8.20. The number of amides is 1. The van der Waals surface area contributed by atoms with Gasteiger partial charge in [-0.2, -0.15) is 0 Å². The Hall–Kier alpha value is -1.42. The summed E-state index contributed by atoms with van der Waals surface area (Å²) in [7, 11) is -0.944. The van der Waals surface area contributed by atoms with E-state index in [0.717, 1.165) is 18.4 Å². The Bertz CT molecular complexity index is 476. The molecule has 1 N–H and O–H groups in total. The van der Waals surface area contributed by atoms with E-state index >= 15 is 0 Å². The molecule has 2 atom stereocenters. The minimum atomic E-state index is -0.944. The zero-order chi connectivity index (χ0) is 13.7. The molecule has 1 aromatic rings. The summed E-state index contributed by atoms with van der Waals surface area (Å²) >= 11 is 0. The molecule has 0 spiro atoms. The van der Waals surface area contributed by atoms with Gasteiger partial charge in [-0.1, -0.05) is 42.5 Å². The third-order valence-corrected chi connectivity index (χ3v) is 4.10. The molecule has 1 aliphatic rings. The maximum absolute atomic E-state index is 12.2. The van der Waals surface area contributed by atoms with E-state index < -0.39 is 10.8 Å². The van der Waals surface area contributed by atoms with Crippen molar-refractivity contribution in [2.24, 2.45) is 5.92 Å². The van der Waals surface area contributed by atoms with Gasteiger partial charge in [0.15, 0.2) is 0 Å². The zero-order valence-corrected chi connectivity index (χ0v) is 11.9. The van der Waals surface area contributed by atoms with Crippen molar-refractivity contribution in [3.05, 3.63) is 48.0 Å². The number of carbonyl (C=O) groups is 1. The summed E-state index contributed by atoms with van der Waals surface area (Å²) in [6.07, 6.45) is 7.36. The van der Waals surface area contributed by atoms with Crippen molar-refractivity contribution in [3.63, 3.8) is 0 Å². The fraction of sp³-hybridized carbons (Fsp3) is 0.400. The first-order chi connectivity index (χ1) is 9.16. The molecule has 0 radical (unpaired) electrons. The molecular weight excluding hydrogens is 258 g/mol. The van der Waals surface area contributed by atoms with Crippen molar-refractivity contribution in [2.45, 2.75) is 18.9 Å². The predicted octanol–water partition coefficient (Wildman–Crippen LogP) is 2.19. The van der Waals surface area contributed by atoms with Crippen LogP contribution in [0, 0.1) is 5.92 Å². The van der Waals surface area contributed by atoms with Crippen LogP contribution in [0.5, 0.6) is 0 Å². The van der Waals surface area contributed by atoms with Crippen LogP contribution in [0.4, 0.5) is 0 Å². The highest BCUT2D eigenvalue weighted by molar-refractivity contribution is 7.84. The van der Waals surface area contributed by atoms with Crippen molar-refractivity contribution in [1.29, 1.82) is 0 Å². The van der Waals surface area contributed by atoms with Crippen LogP contribution in [-0.2, 0) is 15.6 Å². The number of hydrogen-bond acceptors (Lipinski definition) is 2. The van der Waals surface area contributed by atoms with Crippen molar-refractivity contribution in [3.8, 4) is 0 Å². The van der Waals surface area contributed by atoms with E-state index in [9.17, 15) is 9.00 Å². The van der Waals surface area contributed by atoms with E-state index in [4.69, 9.17) is 0 Å². The van der Waals surface area contributed by atoms with Crippen molar-refractivity contribution < 1.29 is 9.00 Å². The SMILES string of the molecule is C[S@@](=O)C[C@@H](NC(=O)C1CC=CC1)c1ccccc1. The van der Waals surface area contributed by atoms with E-state index in [-0.39, 0.29) is 17.9 Å². The molecule has 0 aromatic heterocycles. The van der Waals surface area contributed by atoms with E-state index in [2.05, 4.69) is 5.32 Å². The van der Waals surface area contributed by atoms with Crippen molar-refractivity contribution >= 4 is 16.7 Å². The third kappa shape index (κ3) is 4.03. The lowest BCUT2D eigenvalue weighted by atomic mass is 10.0.